The molecule has 3 saturated carbocycles. The first kappa shape index (κ1) is 11.6. The number of fused-ring (bicyclic) bond motifs is 3. The SMILES string of the molecule is COc1ccc(C2CC3CCC2CC3=O)cc1O. The van der Waals surface area contributed by atoms with Crippen molar-refractivity contribution in [2.75, 3.05) is 7.11 Å². The highest BCUT2D eigenvalue weighted by Crippen LogP contribution is 2.48. The van der Waals surface area contributed by atoms with E-state index in [0.717, 1.165) is 31.2 Å². The van der Waals surface area contributed by atoms with E-state index in [1.54, 1.807) is 13.2 Å². The van der Waals surface area contributed by atoms with Crippen molar-refractivity contribution >= 4 is 5.78 Å². The summed E-state index contributed by atoms with van der Waals surface area (Å²) >= 11 is 0. The van der Waals surface area contributed by atoms with Gasteiger partial charge in [0.25, 0.3) is 0 Å². The van der Waals surface area contributed by atoms with Crippen LogP contribution in [-0.2, 0) is 4.79 Å². The minimum absolute atomic E-state index is 0.197. The van der Waals surface area contributed by atoms with Crippen molar-refractivity contribution in [2.24, 2.45) is 11.8 Å². The Labute approximate surface area is 107 Å². The van der Waals surface area contributed by atoms with Gasteiger partial charge in [0.1, 0.15) is 5.78 Å². The molecule has 3 nitrogen and oxygen atoms in total. The van der Waals surface area contributed by atoms with Gasteiger partial charge < -0.3 is 9.84 Å². The van der Waals surface area contributed by atoms with Crippen LogP contribution in [0.25, 0.3) is 0 Å². The molecule has 3 heteroatoms. The van der Waals surface area contributed by atoms with Crippen molar-refractivity contribution in [3.8, 4) is 11.5 Å². The van der Waals surface area contributed by atoms with E-state index in [1.165, 1.54) is 0 Å². The fraction of sp³-hybridized carbons (Fsp3) is 0.533. The standard InChI is InChI=1S/C15H18O3/c1-18-15-5-4-10(8-14(15)17)12-6-11-3-2-9(12)7-13(11)16/h4-5,8-9,11-12,17H,2-3,6-7H2,1H3. The van der Waals surface area contributed by atoms with Crippen LogP contribution in [0.4, 0.5) is 0 Å². The molecule has 0 aromatic heterocycles. The van der Waals surface area contributed by atoms with Crippen LogP contribution in [0.2, 0.25) is 0 Å². The van der Waals surface area contributed by atoms with Gasteiger partial charge in [0.15, 0.2) is 11.5 Å². The van der Waals surface area contributed by atoms with E-state index >= 15 is 0 Å². The molecular formula is C15H18O3. The number of hydrogen-bond acceptors (Lipinski definition) is 3. The predicted molar refractivity (Wildman–Crippen MR) is 67.9 cm³/mol. The molecule has 0 heterocycles. The lowest BCUT2D eigenvalue weighted by atomic mass is 9.62. The molecule has 0 amide bonds. The quantitative estimate of drug-likeness (QED) is 0.872. The van der Waals surface area contributed by atoms with Crippen LogP contribution in [0.5, 0.6) is 11.5 Å². The Kier molecular flexibility index (Phi) is 2.77. The van der Waals surface area contributed by atoms with Crippen molar-refractivity contribution in [1.29, 1.82) is 0 Å². The number of phenolic OH excluding ortho intramolecular Hbond substituents is 1. The molecule has 3 atom stereocenters. The van der Waals surface area contributed by atoms with Gasteiger partial charge >= 0.3 is 0 Å². The number of benzene rings is 1. The van der Waals surface area contributed by atoms with Gasteiger partial charge in [-0.15, -0.1) is 0 Å². The first-order chi connectivity index (χ1) is 8.69. The van der Waals surface area contributed by atoms with Crippen molar-refractivity contribution in [1.82, 2.24) is 0 Å². The Bertz CT molecular complexity index is 481. The van der Waals surface area contributed by atoms with E-state index in [9.17, 15) is 9.90 Å². The Morgan fingerprint density at radius 2 is 2.17 bits per heavy atom. The molecule has 1 aromatic rings. The van der Waals surface area contributed by atoms with Crippen LogP contribution in [0.15, 0.2) is 18.2 Å². The Balaban J connectivity index is 1.88. The highest BCUT2D eigenvalue weighted by atomic mass is 16.5. The molecule has 3 unspecified atom stereocenters. The largest absolute Gasteiger partial charge is 0.504 e. The van der Waals surface area contributed by atoms with Gasteiger partial charge in [-0.2, -0.15) is 0 Å². The van der Waals surface area contributed by atoms with Crippen LogP contribution in [0.3, 0.4) is 0 Å². The number of ether oxygens (including phenoxy) is 1. The number of carbonyl (C=O) groups excluding carboxylic acids is 1. The summed E-state index contributed by atoms with van der Waals surface area (Å²) in [5.74, 6) is 2.30. The van der Waals surface area contributed by atoms with E-state index in [1.807, 2.05) is 12.1 Å². The Morgan fingerprint density at radius 3 is 2.72 bits per heavy atom. The van der Waals surface area contributed by atoms with Gasteiger partial charge in [-0.3, -0.25) is 4.79 Å². The summed E-state index contributed by atoms with van der Waals surface area (Å²) in [6, 6.07) is 5.64. The summed E-state index contributed by atoms with van der Waals surface area (Å²) in [6.45, 7) is 0. The van der Waals surface area contributed by atoms with Crippen LogP contribution in [-0.4, -0.2) is 18.0 Å². The summed E-state index contributed by atoms with van der Waals surface area (Å²) < 4.78 is 5.06. The number of methoxy groups -OCH3 is 1. The van der Waals surface area contributed by atoms with E-state index in [0.29, 0.717) is 23.4 Å². The molecule has 1 aromatic carbocycles. The molecule has 1 N–H and O–H groups in total. The fourth-order valence-electron chi connectivity index (χ4n) is 3.54. The second kappa shape index (κ2) is 4.30. The van der Waals surface area contributed by atoms with E-state index < -0.39 is 0 Å². The summed E-state index contributed by atoms with van der Waals surface area (Å²) in [4.78, 5) is 11.7. The third kappa shape index (κ3) is 1.78. The normalized spacial score (nSPS) is 30.5. The van der Waals surface area contributed by atoms with E-state index in [4.69, 9.17) is 4.74 Å². The van der Waals surface area contributed by atoms with Crippen molar-refractivity contribution in [2.45, 2.75) is 31.6 Å². The highest BCUT2D eigenvalue weighted by Gasteiger charge is 2.41. The van der Waals surface area contributed by atoms with Gasteiger partial charge in [-0.05, 0) is 48.8 Å². The molecule has 3 fully saturated rings. The minimum Gasteiger partial charge on any atom is -0.504 e. The fourth-order valence-corrected chi connectivity index (χ4v) is 3.54. The Morgan fingerprint density at radius 1 is 1.33 bits per heavy atom. The Hall–Kier alpha value is -1.51. The predicted octanol–water partition coefficient (Wildman–Crippen LogP) is 2.87. The van der Waals surface area contributed by atoms with Gasteiger partial charge in [-0.1, -0.05) is 6.07 Å². The van der Waals surface area contributed by atoms with Crippen LogP contribution in [0.1, 0.15) is 37.2 Å². The number of aromatic hydroxyl groups is 1. The molecule has 0 spiro atoms. The molecule has 2 bridgehead atoms. The molecule has 0 aliphatic heterocycles. The number of rotatable bonds is 2. The van der Waals surface area contributed by atoms with E-state index in [2.05, 4.69) is 0 Å². The molecule has 3 aliphatic rings. The summed E-state index contributed by atoms with van der Waals surface area (Å²) in [5, 5.41) is 9.85. The first-order valence-corrected chi connectivity index (χ1v) is 6.58. The third-order valence-corrected chi connectivity index (χ3v) is 4.54. The maximum absolute atomic E-state index is 11.7. The lowest BCUT2D eigenvalue weighted by Gasteiger charge is -2.41. The van der Waals surface area contributed by atoms with Gasteiger partial charge in [0, 0.05) is 12.3 Å². The molecule has 4 rings (SSSR count). The second-order valence-corrected chi connectivity index (χ2v) is 5.48. The van der Waals surface area contributed by atoms with Crippen LogP contribution < -0.4 is 4.74 Å². The minimum atomic E-state index is 0.197. The average Bonchev–Trinajstić information content (AvgIpc) is 2.39. The molecule has 0 saturated heterocycles. The smallest absolute Gasteiger partial charge is 0.160 e. The van der Waals surface area contributed by atoms with Crippen molar-refractivity contribution in [3.63, 3.8) is 0 Å². The summed E-state index contributed by atoms with van der Waals surface area (Å²) in [7, 11) is 1.55. The maximum atomic E-state index is 11.7. The number of hydrogen-bond donors (Lipinski definition) is 1. The lowest BCUT2D eigenvalue weighted by Crippen LogP contribution is -2.36. The second-order valence-electron chi connectivity index (χ2n) is 5.48. The average molecular weight is 246 g/mol. The maximum Gasteiger partial charge on any atom is 0.160 e. The number of phenols is 1. The van der Waals surface area contributed by atoms with Gasteiger partial charge in [-0.25, -0.2) is 0 Å². The van der Waals surface area contributed by atoms with Gasteiger partial charge in [0.05, 0.1) is 7.11 Å². The summed E-state index contributed by atoms with van der Waals surface area (Å²) in [6.07, 6.45) is 3.88. The highest BCUT2D eigenvalue weighted by molar-refractivity contribution is 5.83. The number of Topliss-reactive ketones (excluding diaryl/α,β-unsaturated/α-hetero) is 1. The lowest BCUT2D eigenvalue weighted by molar-refractivity contribution is -0.129. The molecule has 0 radical (unpaired) electrons. The third-order valence-electron chi connectivity index (χ3n) is 4.54. The number of carbonyl (C=O) groups is 1. The first-order valence-electron chi connectivity index (χ1n) is 6.58. The zero-order chi connectivity index (χ0) is 12.7. The monoisotopic (exact) mass is 246 g/mol. The topological polar surface area (TPSA) is 46.5 Å². The molecule has 3 aliphatic carbocycles. The zero-order valence-electron chi connectivity index (χ0n) is 10.6. The van der Waals surface area contributed by atoms with Gasteiger partial charge in [0.2, 0.25) is 0 Å². The summed E-state index contributed by atoms with van der Waals surface area (Å²) in [5.41, 5.74) is 1.15. The van der Waals surface area contributed by atoms with Crippen LogP contribution in [0, 0.1) is 11.8 Å². The molecule has 96 valence electrons. The van der Waals surface area contributed by atoms with E-state index in [-0.39, 0.29) is 11.7 Å². The molecular weight excluding hydrogens is 228 g/mol. The number of ketones is 1. The van der Waals surface area contributed by atoms with Crippen LogP contribution >= 0.6 is 0 Å². The van der Waals surface area contributed by atoms with Crippen molar-refractivity contribution < 1.29 is 14.6 Å². The van der Waals surface area contributed by atoms with Crippen molar-refractivity contribution in [3.05, 3.63) is 23.8 Å². The zero-order valence-corrected chi connectivity index (χ0v) is 10.6. The molecule has 18 heavy (non-hydrogen) atoms.